The molecule has 1 N–H and O–H groups in total. The van der Waals surface area contributed by atoms with Crippen molar-refractivity contribution >= 4 is 11.8 Å². The molecule has 0 radical (unpaired) electrons. The number of amides is 2. The third-order valence-corrected chi connectivity index (χ3v) is 5.41. The standard InChI is InChI=1S/C23H37N3O4/c1-16(2)13-21(27)24-22(17(3)4)23(28)26-11-9-25(10-12-26)15-18-14-19(29-5)7-8-20(18)30-6/h7-8,14,16-17,22H,9-13,15H2,1-6H3,(H,24,27). The highest BCUT2D eigenvalue weighted by molar-refractivity contribution is 5.88. The first-order valence-corrected chi connectivity index (χ1v) is 10.8. The van der Waals surface area contributed by atoms with Gasteiger partial charge < -0.3 is 19.7 Å². The topological polar surface area (TPSA) is 71.1 Å². The number of benzene rings is 1. The van der Waals surface area contributed by atoms with Gasteiger partial charge in [-0.15, -0.1) is 0 Å². The first-order valence-electron chi connectivity index (χ1n) is 10.8. The van der Waals surface area contributed by atoms with Gasteiger partial charge in [0.1, 0.15) is 17.5 Å². The molecule has 7 nitrogen and oxygen atoms in total. The molecule has 2 amide bonds. The summed E-state index contributed by atoms with van der Waals surface area (Å²) in [4.78, 5) is 29.5. The molecule has 1 saturated heterocycles. The summed E-state index contributed by atoms with van der Waals surface area (Å²) < 4.78 is 10.8. The lowest BCUT2D eigenvalue weighted by Gasteiger charge is -2.37. The summed E-state index contributed by atoms with van der Waals surface area (Å²) in [5.41, 5.74) is 1.07. The molecule has 30 heavy (non-hydrogen) atoms. The van der Waals surface area contributed by atoms with Crippen molar-refractivity contribution in [3.63, 3.8) is 0 Å². The fraction of sp³-hybridized carbons (Fsp3) is 0.652. The van der Waals surface area contributed by atoms with E-state index in [9.17, 15) is 9.59 Å². The van der Waals surface area contributed by atoms with E-state index in [-0.39, 0.29) is 23.7 Å². The smallest absolute Gasteiger partial charge is 0.245 e. The molecule has 1 fully saturated rings. The van der Waals surface area contributed by atoms with Crippen LogP contribution in [0.1, 0.15) is 39.7 Å². The molecule has 1 aliphatic heterocycles. The Balaban J connectivity index is 1.95. The molecule has 7 heteroatoms. The Kier molecular flexibility index (Phi) is 8.96. The van der Waals surface area contributed by atoms with E-state index in [1.165, 1.54) is 0 Å². The first-order chi connectivity index (χ1) is 14.2. The highest BCUT2D eigenvalue weighted by Crippen LogP contribution is 2.25. The van der Waals surface area contributed by atoms with Gasteiger partial charge in [0.15, 0.2) is 0 Å². The number of ether oxygens (including phenoxy) is 2. The largest absolute Gasteiger partial charge is 0.497 e. The minimum Gasteiger partial charge on any atom is -0.497 e. The van der Waals surface area contributed by atoms with Crippen LogP contribution >= 0.6 is 0 Å². The van der Waals surface area contributed by atoms with Gasteiger partial charge in [0, 0.05) is 44.7 Å². The van der Waals surface area contributed by atoms with Crippen molar-refractivity contribution in [3.05, 3.63) is 23.8 Å². The Morgan fingerprint density at radius 1 is 1.03 bits per heavy atom. The maximum atomic E-state index is 13.1. The number of nitrogens with zero attached hydrogens (tertiary/aromatic N) is 2. The van der Waals surface area contributed by atoms with Gasteiger partial charge in [-0.1, -0.05) is 27.7 Å². The number of hydrogen-bond acceptors (Lipinski definition) is 5. The predicted octanol–water partition coefficient (Wildman–Crippen LogP) is 2.53. The second-order valence-corrected chi connectivity index (χ2v) is 8.67. The van der Waals surface area contributed by atoms with E-state index < -0.39 is 6.04 Å². The first kappa shape index (κ1) is 24.0. The van der Waals surface area contributed by atoms with Gasteiger partial charge >= 0.3 is 0 Å². The zero-order valence-corrected chi connectivity index (χ0v) is 19.2. The van der Waals surface area contributed by atoms with Crippen molar-refractivity contribution in [2.75, 3.05) is 40.4 Å². The molecule has 0 bridgehead atoms. The summed E-state index contributed by atoms with van der Waals surface area (Å²) in [6.07, 6.45) is 0.437. The predicted molar refractivity (Wildman–Crippen MR) is 118 cm³/mol. The number of carbonyl (C=O) groups is 2. The second kappa shape index (κ2) is 11.2. The fourth-order valence-corrected chi connectivity index (χ4v) is 3.69. The Morgan fingerprint density at radius 2 is 1.70 bits per heavy atom. The van der Waals surface area contributed by atoms with Crippen molar-refractivity contribution in [2.45, 2.75) is 46.7 Å². The highest BCUT2D eigenvalue weighted by atomic mass is 16.5. The number of methoxy groups -OCH3 is 2. The zero-order valence-electron chi connectivity index (χ0n) is 19.2. The summed E-state index contributed by atoms with van der Waals surface area (Å²) in [6.45, 7) is 11.5. The fourth-order valence-electron chi connectivity index (χ4n) is 3.69. The van der Waals surface area contributed by atoms with Crippen LogP contribution in [0.15, 0.2) is 18.2 Å². The van der Waals surface area contributed by atoms with Gasteiger partial charge in [0.25, 0.3) is 0 Å². The number of hydrogen-bond donors (Lipinski definition) is 1. The van der Waals surface area contributed by atoms with Crippen molar-refractivity contribution in [1.29, 1.82) is 0 Å². The van der Waals surface area contributed by atoms with Crippen molar-refractivity contribution in [1.82, 2.24) is 15.1 Å². The Labute approximate surface area is 180 Å². The van der Waals surface area contributed by atoms with Crippen molar-refractivity contribution in [3.8, 4) is 11.5 Å². The van der Waals surface area contributed by atoms with Crippen LogP contribution in [-0.4, -0.2) is 68.1 Å². The average molecular weight is 420 g/mol. The second-order valence-electron chi connectivity index (χ2n) is 8.67. The van der Waals surface area contributed by atoms with E-state index in [2.05, 4.69) is 10.2 Å². The van der Waals surface area contributed by atoms with Gasteiger partial charge in [-0.05, 0) is 30.0 Å². The number of nitrogens with one attached hydrogen (secondary N) is 1. The van der Waals surface area contributed by atoms with E-state index in [4.69, 9.17) is 9.47 Å². The van der Waals surface area contributed by atoms with Crippen molar-refractivity contribution < 1.29 is 19.1 Å². The van der Waals surface area contributed by atoms with Gasteiger partial charge in [-0.3, -0.25) is 14.5 Å². The summed E-state index contributed by atoms with van der Waals surface area (Å²) in [7, 11) is 3.32. The minimum atomic E-state index is -0.471. The zero-order chi connectivity index (χ0) is 22.3. The number of rotatable bonds is 9. The van der Waals surface area contributed by atoms with E-state index >= 15 is 0 Å². The molecule has 1 aliphatic rings. The van der Waals surface area contributed by atoms with E-state index in [0.29, 0.717) is 19.5 Å². The summed E-state index contributed by atoms with van der Waals surface area (Å²) in [5.74, 6) is 1.91. The maximum Gasteiger partial charge on any atom is 0.245 e. The molecule has 1 heterocycles. The molecule has 1 aromatic rings. The molecular weight excluding hydrogens is 382 g/mol. The molecule has 1 atom stereocenters. The Morgan fingerprint density at radius 3 is 2.23 bits per heavy atom. The molecule has 1 unspecified atom stereocenters. The summed E-state index contributed by atoms with van der Waals surface area (Å²) in [6, 6.07) is 5.33. The highest BCUT2D eigenvalue weighted by Gasteiger charge is 2.31. The number of carbonyl (C=O) groups excluding carboxylic acids is 2. The molecule has 0 saturated carbocycles. The van der Waals surface area contributed by atoms with Crippen LogP contribution in [0.5, 0.6) is 11.5 Å². The van der Waals surface area contributed by atoms with Crippen LogP contribution in [-0.2, 0) is 16.1 Å². The van der Waals surface area contributed by atoms with Crippen LogP contribution in [0.4, 0.5) is 0 Å². The lowest BCUT2D eigenvalue weighted by Crippen LogP contribution is -2.56. The SMILES string of the molecule is COc1ccc(OC)c(CN2CCN(C(=O)C(NC(=O)CC(C)C)C(C)C)CC2)c1. The maximum absolute atomic E-state index is 13.1. The van der Waals surface area contributed by atoms with Crippen LogP contribution in [0, 0.1) is 11.8 Å². The van der Waals surface area contributed by atoms with E-state index in [0.717, 1.165) is 36.7 Å². The summed E-state index contributed by atoms with van der Waals surface area (Å²) in [5, 5.41) is 2.95. The van der Waals surface area contributed by atoms with Crippen LogP contribution in [0.2, 0.25) is 0 Å². The summed E-state index contributed by atoms with van der Waals surface area (Å²) >= 11 is 0. The quantitative estimate of drug-likeness (QED) is 0.666. The molecule has 0 spiro atoms. The van der Waals surface area contributed by atoms with E-state index in [1.807, 2.05) is 50.8 Å². The van der Waals surface area contributed by atoms with E-state index in [1.54, 1.807) is 14.2 Å². The molecule has 0 aromatic heterocycles. The third-order valence-electron chi connectivity index (χ3n) is 5.41. The Hall–Kier alpha value is -2.28. The lowest BCUT2D eigenvalue weighted by atomic mass is 10.0. The number of piperazine rings is 1. The van der Waals surface area contributed by atoms with Crippen molar-refractivity contribution in [2.24, 2.45) is 11.8 Å². The lowest BCUT2D eigenvalue weighted by molar-refractivity contribution is -0.139. The van der Waals surface area contributed by atoms with Gasteiger partial charge in [-0.2, -0.15) is 0 Å². The third kappa shape index (κ3) is 6.62. The average Bonchev–Trinajstić information content (AvgIpc) is 2.71. The molecule has 1 aromatic carbocycles. The molecule has 168 valence electrons. The van der Waals surface area contributed by atoms with Gasteiger partial charge in [0.2, 0.25) is 11.8 Å². The minimum absolute atomic E-state index is 0.0146. The van der Waals surface area contributed by atoms with Crippen LogP contribution in [0.25, 0.3) is 0 Å². The molecule has 2 rings (SSSR count). The normalized spacial score (nSPS) is 15.9. The van der Waals surface area contributed by atoms with Gasteiger partial charge in [0.05, 0.1) is 14.2 Å². The molecule has 0 aliphatic carbocycles. The monoisotopic (exact) mass is 419 g/mol. The Bertz CT molecular complexity index is 712. The van der Waals surface area contributed by atoms with Crippen LogP contribution in [0.3, 0.4) is 0 Å². The van der Waals surface area contributed by atoms with Gasteiger partial charge in [-0.25, -0.2) is 0 Å². The molecular formula is C23H37N3O4. The van der Waals surface area contributed by atoms with Crippen LogP contribution < -0.4 is 14.8 Å².